The number of halogens is 1. The molecular formula is C23H35ClN2O. The van der Waals surface area contributed by atoms with E-state index in [1.807, 2.05) is 12.1 Å². The summed E-state index contributed by atoms with van der Waals surface area (Å²) in [5.74, 6) is 1.00. The molecular weight excluding hydrogens is 356 g/mol. The van der Waals surface area contributed by atoms with Gasteiger partial charge in [-0.3, -0.25) is 4.90 Å². The molecule has 0 spiro atoms. The molecule has 1 heterocycles. The number of piperazine rings is 1. The summed E-state index contributed by atoms with van der Waals surface area (Å²) in [4.78, 5) is 5.00. The molecule has 27 heavy (non-hydrogen) atoms. The number of hydrogen-bond donors (Lipinski definition) is 1. The van der Waals surface area contributed by atoms with E-state index < -0.39 is 5.60 Å². The van der Waals surface area contributed by atoms with Crippen molar-refractivity contribution in [3.63, 3.8) is 0 Å². The number of aliphatic hydroxyl groups is 1. The van der Waals surface area contributed by atoms with Gasteiger partial charge in [0.25, 0.3) is 0 Å². The van der Waals surface area contributed by atoms with Crippen molar-refractivity contribution in [3.05, 3.63) is 29.3 Å². The molecule has 1 aromatic carbocycles. The van der Waals surface area contributed by atoms with E-state index in [1.54, 1.807) is 0 Å². The van der Waals surface area contributed by atoms with Gasteiger partial charge in [-0.05, 0) is 43.7 Å². The molecule has 4 heteroatoms. The molecule has 2 saturated carbocycles. The Labute approximate surface area is 169 Å². The van der Waals surface area contributed by atoms with Crippen molar-refractivity contribution in [2.75, 3.05) is 37.6 Å². The maximum atomic E-state index is 11.7. The van der Waals surface area contributed by atoms with E-state index in [0.717, 1.165) is 49.9 Å². The van der Waals surface area contributed by atoms with Crippen molar-refractivity contribution in [2.24, 2.45) is 11.8 Å². The van der Waals surface area contributed by atoms with Crippen LogP contribution in [0.5, 0.6) is 0 Å². The Hall–Kier alpha value is -0.770. The Balaban J connectivity index is 1.36. The number of para-hydroxylation sites is 1. The summed E-state index contributed by atoms with van der Waals surface area (Å²) in [5.41, 5.74) is 0.758. The molecule has 1 aliphatic heterocycles. The minimum Gasteiger partial charge on any atom is -0.389 e. The normalized spacial score (nSPS) is 31.2. The van der Waals surface area contributed by atoms with Gasteiger partial charge in [-0.1, -0.05) is 55.8 Å². The molecule has 1 N–H and O–H groups in total. The Kier molecular flexibility index (Phi) is 6.31. The van der Waals surface area contributed by atoms with E-state index >= 15 is 0 Å². The lowest BCUT2D eigenvalue weighted by Crippen LogP contribution is -2.54. The molecule has 0 bridgehead atoms. The molecule has 3 fully saturated rings. The van der Waals surface area contributed by atoms with E-state index in [9.17, 15) is 5.11 Å². The topological polar surface area (TPSA) is 26.7 Å². The third kappa shape index (κ3) is 4.31. The summed E-state index contributed by atoms with van der Waals surface area (Å²) in [5, 5.41) is 12.6. The fourth-order valence-electron chi connectivity index (χ4n) is 5.83. The molecule has 2 atom stereocenters. The molecule has 3 nitrogen and oxygen atoms in total. The largest absolute Gasteiger partial charge is 0.389 e. The van der Waals surface area contributed by atoms with Gasteiger partial charge in [-0.25, -0.2) is 0 Å². The van der Waals surface area contributed by atoms with Crippen LogP contribution < -0.4 is 4.90 Å². The summed E-state index contributed by atoms with van der Waals surface area (Å²) >= 11 is 6.38. The maximum absolute atomic E-state index is 11.7. The van der Waals surface area contributed by atoms with Crippen LogP contribution in [0, 0.1) is 11.8 Å². The van der Waals surface area contributed by atoms with Crippen molar-refractivity contribution in [1.29, 1.82) is 0 Å². The highest BCUT2D eigenvalue weighted by atomic mass is 35.5. The molecule has 1 saturated heterocycles. The first-order valence-corrected chi connectivity index (χ1v) is 11.5. The van der Waals surface area contributed by atoms with Gasteiger partial charge >= 0.3 is 0 Å². The number of anilines is 1. The van der Waals surface area contributed by atoms with E-state index in [4.69, 9.17) is 11.6 Å². The van der Waals surface area contributed by atoms with Crippen LogP contribution in [0.1, 0.15) is 57.8 Å². The molecule has 2 aliphatic carbocycles. The van der Waals surface area contributed by atoms with Crippen LogP contribution >= 0.6 is 11.6 Å². The van der Waals surface area contributed by atoms with Gasteiger partial charge < -0.3 is 10.0 Å². The Morgan fingerprint density at radius 1 is 0.926 bits per heavy atom. The number of rotatable bonds is 4. The average molecular weight is 391 g/mol. The third-order valence-electron chi connectivity index (χ3n) is 7.44. The van der Waals surface area contributed by atoms with Crippen molar-refractivity contribution in [2.45, 2.75) is 63.4 Å². The van der Waals surface area contributed by atoms with Crippen molar-refractivity contribution in [3.8, 4) is 0 Å². The highest BCUT2D eigenvalue weighted by Crippen LogP contribution is 2.45. The summed E-state index contributed by atoms with van der Waals surface area (Å²) < 4.78 is 0. The monoisotopic (exact) mass is 390 g/mol. The highest BCUT2D eigenvalue weighted by Gasteiger charge is 2.45. The standard InChI is InChI=1S/C23H35ClN2O/c24-21-11-4-5-12-22(21)26-16-14-25(15-17-26)18-20-10-6-7-13-23(20,27)19-8-2-1-3-9-19/h4-5,11-12,19-20,27H,1-3,6-10,13-18H2. The Morgan fingerprint density at radius 2 is 1.63 bits per heavy atom. The summed E-state index contributed by atoms with van der Waals surface area (Å²) in [7, 11) is 0. The quantitative estimate of drug-likeness (QED) is 0.786. The smallest absolute Gasteiger partial charge is 0.0716 e. The lowest BCUT2D eigenvalue weighted by Gasteiger charge is -2.49. The van der Waals surface area contributed by atoms with Gasteiger partial charge in [-0.15, -0.1) is 0 Å². The van der Waals surface area contributed by atoms with Crippen LogP contribution in [0.15, 0.2) is 24.3 Å². The van der Waals surface area contributed by atoms with Gasteiger partial charge in [0, 0.05) is 38.6 Å². The third-order valence-corrected chi connectivity index (χ3v) is 7.76. The van der Waals surface area contributed by atoms with Crippen LogP contribution in [0.3, 0.4) is 0 Å². The van der Waals surface area contributed by atoms with Crippen LogP contribution in [0.25, 0.3) is 0 Å². The number of nitrogens with zero attached hydrogens (tertiary/aromatic N) is 2. The van der Waals surface area contributed by atoms with Gasteiger partial charge in [0.2, 0.25) is 0 Å². The summed E-state index contributed by atoms with van der Waals surface area (Å²) in [6.45, 7) is 5.27. The van der Waals surface area contributed by atoms with E-state index in [2.05, 4.69) is 21.9 Å². The molecule has 0 amide bonds. The lowest BCUT2D eigenvalue weighted by atomic mass is 9.64. The molecule has 1 aromatic rings. The maximum Gasteiger partial charge on any atom is 0.0716 e. The second-order valence-electron chi connectivity index (χ2n) is 9.01. The van der Waals surface area contributed by atoms with Gasteiger partial charge in [0.15, 0.2) is 0 Å². The lowest BCUT2D eigenvalue weighted by molar-refractivity contribution is -0.112. The highest BCUT2D eigenvalue weighted by molar-refractivity contribution is 6.33. The van der Waals surface area contributed by atoms with Gasteiger partial charge in [0.1, 0.15) is 0 Å². The van der Waals surface area contributed by atoms with Crippen LogP contribution in [-0.2, 0) is 0 Å². The molecule has 150 valence electrons. The fourth-order valence-corrected chi connectivity index (χ4v) is 6.09. The summed E-state index contributed by atoms with van der Waals surface area (Å²) in [6, 6.07) is 8.17. The molecule has 2 unspecified atom stereocenters. The summed E-state index contributed by atoms with van der Waals surface area (Å²) in [6.07, 6.45) is 11.2. The molecule has 0 aromatic heterocycles. The van der Waals surface area contributed by atoms with Gasteiger partial charge in [0.05, 0.1) is 16.3 Å². The van der Waals surface area contributed by atoms with Crippen LogP contribution in [-0.4, -0.2) is 48.3 Å². The number of benzene rings is 1. The van der Waals surface area contributed by atoms with Gasteiger partial charge in [-0.2, -0.15) is 0 Å². The van der Waals surface area contributed by atoms with Crippen molar-refractivity contribution < 1.29 is 5.11 Å². The van der Waals surface area contributed by atoms with E-state index in [-0.39, 0.29) is 0 Å². The second kappa shape index (κ2) is 8.71. The Morgan fingerprint density at radius 3 is 2.37 bits per heavy atom. The van der Waals surface area contributed by atoms with Crippen LogP contribution in [0.2, 0.25) is 5.02 Å². The zero-order valence-corrected chi connectivity index (χ0v) is 17.3. The predicted molar refractivity (Wildman–Crippen MR) is 114 cm³/mol. The first-order valence-electron chi connectivity index (χ1n) is 11.1. The minimum atomic E-state index is -0.404. The number of hydrogen-bond acceptors (Lipinski definition) is 3. The first kappa shape index (κ1) is 19.5. The fraction of sp³-hybridized carbons (Fsp3) is 0.739. The molecule has 4 rings (SSSR count). The SMILES string of the molecule is OC1(C2CCCCC2)CCCCC1CN1CCN(c2ccccc2Cl)CC1. The zero-order valence-electron chi connectivity index (χ0n) is 16.6. The first-order chi connectivity index (χ1) is 13.2. The average Bonchev–Trinajstić information content (AvgIpc) is 2.72. The predicted octanol–water partition coefficient (Wildman–Crippen LogP) is 4.96. The minimum absolute atomic E-state index is 0.404. The van der Waals surface area contributed by atoms with Crippen molar-refractivity contribution >= 4 is 17.3 Å². The van der Waals surface area contributed by atoms with E-state index in [0.29, 0.717) is 11.8 Å². The Bertz CT molecular complexity index is 610. The van der Waals surface area contributed by atoms with Crippen molar-refractivity contribution in [1.82, 2.24) is 4.90 Å². The van der Waals surface area contributed by atoms with E-state index in [1.165, 1.54) is 51.4 Å². The van der Waals surface area contributed by atoms with Crippen LogP contribution in [0.4, 0.5) is 5.69 Å². The molecule has 0 radical (unpaired) electrons. The second-order valence-corrected chi connectivity index (χ2v) is 9.42. The molecule has 3 aliphatic rings. The zero-order chi connectivity index (χ0) is 18.7.